The van der Waals surface area contributed by atoms with Crippen LogP contribution in [0.15, 0.2) is 211 Å². The van der Waals surface area contributed by atoms with Gasteiger partial charge in [0, 0.05) is 38.4 Å². The highest BCUT2D eigenvalue weighted by molar-refractivity contribution is 6.17. The molecule has 1 aromatic heterocycles. The van der Waals surface area contributed by atoms with Gasteiger partial charge in [-0.2, -0.15) is 0 Å². The molecular formula is C51H35N3. The molecule has 10 rings (SSSR count). The van der Waals surface area contributed by atoms with Crippen molar-refractivity contribution in [3.63, 3.8) is 0 Å². The maximum Gasteiger partial charge on any atom is 0.134 e. The lowest BCUT2D eigenvalue weighted by molar-refractivity contribution is 0.830. The highest BCUT2D eigenvalue weighted by atomic mass is 15.1. The van der Waals surface area contributed by atoms with Crippen LogP contribution in [0, 0.1) is 0 Å². The Labute approximate surface area is 315 Å². The van der Waals surface area contributed by atoms with Gasteiger partial charge >= 0.3 is 0 Å². The Morgan fingerprint density at radius 2 is 0.981 bits per heavy atom. The summed E-state index contributed by atoms with van der Waals surface area (Å²) >= 11 is 0. The molecule has 8 aromatic rings. The molecule has 3 nitrogen and oxygen atoms in total. The average Bonchev–Trinajstić information content (AvgIpc) is 3.26. The van der Waals surface area contributed by atoms with Gasteiger partial charge in [0.05, 0.1) is 22.9 Å². The number of allylic oxidation sites excluding steroid dienone is 2. The zero-order valence-corrected chi connectivity index (χ0v) is 29.5. The lowest BCUT2D eigenvalue weighted by Crippen LogP contribution is -2.39. The topological polar surface area (TPSA) is 37.3 Å². The second-order valence-electron chi connectivity index (χ2n) is 13.8. The Bertz CT molecular complexity index is 2790. The van der Waals surface area contributed by atoms with Gasteiger partial charge in [-0.05, 0) is 39.4 Å². The summed E-state index contributed by atoms with van der Waals surface area (Å²) < 4.78 is 0. The Morgan fingerprint density at radius 3 is 1.69 bits per heavy atom. The summed E-state index contributed by atoms with van der Waals surface area (Å²) in [7, 11) is 0. The minimum atomic E-state index is 0.0575. The SMILES string of the molecule is C1=CC2=C(c3ccc(-c4ccccc4)cc3)N=C(c3ccc(-c4ccc(-c5nc6ccccc6c6c(-c7ccccc7)cccc56)cc4)cc3)NC2C=C1. The van der Waals surface area contributed by atoms with Gasteiger partial charge in [0.2, 0.25) is 0 Å². The summed E-state index contributed by atoms with van der Waals surface area (Å²) in [5, 5.41) is 7.24. The molecule has 2 aliphatic rings. The summed E-state index contributed by atoms with van der Waals surface area (Å²) in [6.07, 6.45) is 8.57. The van der Waals surface area contributed by atoms with Crippen LogP contribution in [-0.4, -0.2) is 16.9 Å². The van der Waals surface area contributed by atoms with Gasteiger partial charge in [-0.1, -0.05) is 194 Å². The van der Waals surface area contributed by atoms with E-state index >= 15 is 0 Å². The number of nitrogens with one attached hydrogen (secondary N) is 1. The van der Waals surface area contributed by atoms with E-state index in [1.54, 1.807) is 0 Å². The molecule has 7 aromatic carbocycles. The third kappa shape index (κ3) is 5.73. The fourth-order valence-electron chi connectivity index (χ4n) is 7.80. The van der Waals surface area contributed by atoms with Crippen molar-refractivity contribution in [3.05, 3.63) is 217 Å². The summed E-state index contributed by atoms with van der Waals surface area (Å²) in [5.41, 5.74) is 14.6. The van der Waals surface area contributed by atoms with E-state index in [-0.39, 0.29) is 6.04 Å². The molecule has 0 spiro atoms. The Balaban J connectivity index is 0.966. The van der Waals surface area contributed by atoms with Crippen LogP contribution in [0.2, 0.25) is 0 Å². The molecule has 0 bridgehead atoms. The molecule has 1 atom stereocenters. The predicted molar refractivity (Wildman–Crippen MR) is 226 cm³/mol. The van der Waals surface area contributed by atoms with E-state index in [4.69, 9.17) is 9.98 Å². The van der Waals surface area contributed by atoms with Gasteiger partial charge in [-0.25, -0.2) is 9.98 Å². The number of aromatic nitrogens is 1. The van der Waals surface area contributed by atoms with E-state index in [0.29, 0.717) is 0 Å². The van der Waals surface area contributed by atoms with E-state index in [9.17, 15) is 0 Å². The quantitative estimate of drug-likeness (QED) is 0.176. The van der Waals surface area contributed by atoms with E-state index in [1.165, 1.54) is 38.6 Å². The Hall–Kier alpha value is -7.10. The number of fused-ring (bicyclic) bond motifs is 4. The Morgan fingerprint density at radius 1 is 0.426 bits per heavy atom. The van der Waals surface area contributed by atoms with E-state index in [2.05, 4.69) is 206 Å². The number of benzene rings is 7. The highest BCUT2D eigenvalue weighted by Crippen LogP contribution is 2.39. The van der Waals surface area contributed by atoms with Crippen molar-refractivity contribution in [1.29, 1.82) is 0 Å². The molecule has 0 radical (unpaired) electrons. The predicted octanol–water partition coefficient (Wildman–Crippen LogP) is 12.3. The zero-order chi connectivity index (χ0) is 35.8. The van der Waals surface area contributed by atoms with Crippen molar-refractivity contribution >= 4 is 33.2 Å². The minimum Gasteiger partial charge on any atom is -0.359 e. The molecule has 0 amide bonds. The number of para-hydroxylation sites is 1. The third-order valence-electron chi connectivity index (χ3n) is 10.5. The number of amidine groups is 1. The molecule has 1 unspecified atom stereocenters. The van der Waals surface area contributed by atoms with Crippen molar-refractivity contribution in [1.82, 2.24) is 10.3 Å². The molecule has 1 aliphatic carbocycles. The number of nitrogens with zero attached hydrogens (tertiary/aromatic N) is 2. The zero-order valence-electron chi connectivity index (χ0n) is 29.5. The first-order valence-electron chi connectivity index (χ1n) is 18.5. The smallest absolute Gasteiger partial charge is 0.134 e. The lowest BCUT2D eigenvalue weighted by Gasteiger charge is -2.28. The van der Waals surface area contributed by atoms with Gasteiger partial charge in [-0.15, -0.1) is 0 Å². The average molecular weight is 690 g/mol. The maximum absolute atomic E-state index is 5.22. The summed E-state index contributed by atoms with van der Waals surface area (Å²) in [6.45, 7) is 0. The fraction of sp³-hybridized carbons (Fsp3) is 0.0196. The van der Waals surface area contributed by atoms with Crippen LogP contribution in [0.1, 0.15) is 11.1 Å². The van der Waals surface area contributed by atoms with E-state index in [0.717, 1.165) is 55.9 Å². The van der Waals surface area contributed by atoms with Crippen LogP contribution in [0.5, 0.6) is 0 Å². The molecule has 0 saturated carbocycles. The molecule has 1 N–H and O–H groups in total. The van der Waals surface area contributed by atoms with Gasteiger partial charge in [-0.3, -0.25) is 0 Å². The van der Waals surface area contributed by atoms with E-state index < -0.39 is 0 Å². The number of pyridine rings is 1. The van der Waals surface area contributed by atoms with Crippen LogP contribution >= 0.6 is 0 Å². The second-order valence-corrected chi connectivity index (χ2v) is 13.8. The standard InChI is InChI=1S/C51H35N3/c1-3-12-34(13-4-1)35-22-28-39(29-23-35)49-44-17-8-10-21-47(44)53-51(54-49)41-32-26-37(27-33-41)36-24-30-40(31-25-36)50-45-19-11-18-42(38-14-5-2-6-15-38)48(45)43-16-7-9-20-46(43)52-50/h1-33,47H,(H,53,54). The first-order chi connectivity index (χ1) is 26.8. The van der Waals surface area contributed by atoms with Crippen molar-refractivity contribution in [3.8, 4) is 44.6 Å². The second kappa shape index (κ2) is 13.5. The minimum absolute atomic E-state index is 0.0575. The van der Waals surface area contributed by atoms with Crippen molar-refractivity contribution in [2.75, 3.05) is 0 Å². The maximum atomic E-state index is 5.22. The van der Waals surface area contributed by atoms with Crippen LogP contribution < -0.4 is 5.32 Å². The fourth-order valence-corrected chi connectivity index (χ4v) is 7.80. The molecule has 0 saturated heterocycles. The van der Waals surface area contributed by atoms with Gasteiger partial charge in [0.1, 0.15) is 5.84 Å². The molecule has 254 valence electrons. The number of aliphatic imine (C=N–C) groups is 1. The summed E-state index contributed by atoms with van der Waals surface area (Å²) in [4.78, 5) is 10.4. The largest absolute Gasteiger partial charge is 0.359 e. The highest BCUT2D eigenvalue weighted by Gasteiger charge is 2.24. The lowest BCUT2D eigenvalue weighted by atomic mass is 9.92. The van der Waals surface area contributed by atoms with Gasteiger partial charge in [0.25, 0.3) is 0 Å². The van der Waals surface area contributed by atoms with Crippen molar-refractivity contribution < 1.29 is 0 Å². The summed E-state index contributed by atoms with van der Waals surface area (Å²) in [5.74, 6) is 0.872. The normalized spacial score (nSPS) is 14.9. The Kier molecular flexibility index (Phi) is 7.88. The molecule has 3 heteroatoms. The van der Waals surface area contributed by atoms with Crippen molar-refractivity contribution in [2.45, 2.75) is 6.04 Å². The van der Waals surface area contributed by atoms with Crippen LogP contribution in [0.4, 0.5) is 0 Å². The van der Waals surface area contributed by atoms with Gasteiger partial charge < -0.3 is 5.32 Å². The van der Waals surface area contributed by atoms with E-state index in [1.807, 2.05) is 0 Å². The molecular weight excluding hydrogens is 655 g/mol. The summed E-state index contributed by atoms with van der Waals surface area (Å²) in [6, 6.07) is 62.5. The van der Waals surface area contributed by atoms with Crippen LogP contribution in [0.25, 0.3) is 72.0 Å². The molecule has 2 heterocycles. The monoisotopic (exact) mass is 689 g/mol. The molecule has 0 fully saturated rings. The first-order valence-corrected chi connectivity index (χ1v) is 18.5. The first kappa shape index (κ1) is 31.6. The van der Waals surface area contributed by atoms with Crippen LogP contribution in [-0.2, 0) is 0 Å². The number of hydrogen-bond acceptors (Lipinski definition) is 3. The molecule has 54 heavy (non-hydrogen) atoms. The number of rotatable bonds is 6. The van der Waals surface area contributed by atoms with Crippen molar-refractivity contribution in [2.24, 2.45) is 4.99 Å². The number of hydrogen-bond donors (Lipinski definition) is 1. The third-order valence-corrected chi connectivity index (χ3v) is 10.5. The van der Waals surface area contributed by atoms with Crippen LogP contribution in [0.3, 0.4) is 0 Å². The van der Waals surface area contributed by atoms with Gasteiger partial charge in [0.15, 0.2) is 0 Å². The molecule has 1 aliphatic heterocycles.